The number of aliphatic hydroxyl groups is 1. The second-order valence-corrected chi connectivity index (χ2v) is 3.85. The largest absolute Gasteiger partial charge is 0.383 e. The maximum absolute atomic E-state index is 13.1. The van der Waals surface area contributed by atoms with E-state index in [0.717, 1.165) is 6.20 Å². The summed E-state index contributed by atoms with van der Waals surface area (Å²) in [6.45, 7) is 0. The van der Waals surface area contributed by atoms with Gasteiger partial charge >= 0.3 is 0 Å². The smallest absolute Gasteiger partial charge is 0.141 e. The van der Waals surface area contributed by atoms with Gasteiger partial charge in [0.05, 0.1) is 24.1 Å². The number of hydrogen-bond donors (Lipinski definition) is 1. The van der Waals surface area contributed by atoms with Crippen molar-refractivity contribution in [3.63, 3.8) is 0 Å². The van der Waals surface area contributed by atoms with Crippen molar-refractivity contribution in [2.24, 2.45) is 0 Å². The van der Waals surface area contributed by atoms with Crippen molar-refractivity contribution in [2.75, 3.05) is 0 Å². The molecule has 6 heteroatoms. The van der Waals surface area contributed by atoms with E-state index in [2.05, 4.69) is 15.1 Å². The monoisotopic (exact) mass is 244 g/mol. The second-order valence-electron chi connectivity index (χ2n) is 3.85. The molecule has 3 heterocycles. The topological polar surface area (TPSA) is 63.3 Å². The summed E-state index contributed by atoms with van der Waals surface area (Å²) in [4.78, 5) is 7.70. The summed E-state index contributed by atoms with van der Waals surface area (Å²) in [5.74, 6) is -0.485. The lowest BCUT2D eigenvalue weighted by molar-refractivity contribution is 0.220. The Morgan fingerprint density at radius 3 is 2.89 bits per heavy atom. The van der Waals surface area contributed by atoms with E-state index in [9.17, 15) is 9.50 Å². The molecule has 1 unspecified atom stereocenters. The molecule has 0 aliphatic carbocycles. The lowest BCUT2D eigenvalue weighted by atomic mass is 10.1. The highest BCUT2D eigenvalue weighted by atomic mass is 19.1. The van der Waals surface area contributed by atoms with Gasteiger partial charge < -0.3 is 5.11 Å². The van der Waals surface area contributed by atoms with Gasteiger partial charge in [-0.15, -0.1) is 0 Å². The fourth-order valence-corrected chi connectivity index (χ4v) is 1.82. The van der Waals surface area contributed by atoms with Crippen LogP contribution in [-0.4, -0.2) is 24.7 Å². The molecule has 0 bridgehead atoms. The summed E-state index contributed by atoms with van der Waals surface area (Å²) in [5, 5.41) is 14.3. The average molecular weight is 244 g/mol. The van der Waals surface area contributed by atoms with Gasteiger partial charge in [0.25, 0.3) is 0 Å². The molecular formula is C12H9FN4O. The molecule has 0 aromatic carbocycles. The summed E-state index contributed by atoms with van der Waals surface area (Å²) < 4.78 is 14.7. The highest BCUT2D eigenvalue weighted by molar-refractivity contribution is 5.54. The molecule has 3 rings (SSSR count). The first kappa shape index (κ1) is 10.8. The molecule has 3 aromatic heterocycles. The highest BCUT2D eigenvalue weighted by Crippen LogP contribution is 2.24. The van der Waals surface area contributed by atoms with E-state index in [4.69, 9.17) is 0 Å². The Kier molecular flexibility index (Phi) is 2.49. The van der Waals surface area contributed by atoms with Gasteiger partial charge in [0, 0.05) is 29.7 Å². The molecule has 3 aromatic rings. The molecule has 1 atom stereocenters. The number of aromatic nitrogens is 4. The predicted molar refractivity (Wildman–Crippen MR) is 61.2 cm³/mol. The van der Waals surface area contributed by atoms with Crippen LogP contribution in [0.4, 0.5) is 4.39 Å². The molecule has 1 N–H and O–H groups in total. The van der Waals surface area contributed by atoms with E-state index >= 15 is 0 Å². The van der Waals surface area contributed by atoms with Crippen LogP contribution in [0.3, 0.4) is 0 Å². The zero-order valence-corrected chi connectivity index (χ0v) is 9.23. The van der Waals surface area contributed by atoms with Crippen molar-refractivity contribution in [2.45, 2.75) is 6.10 Å². The van der Waals surface area contributed by atoms with Crippen LogP contribution >= 0.6 is 0 Å². The van der Waals surface area contributed by atoms with E-state index in [-0.39, 0.29) is 0 Å². The molecule has 0 spiro atoms. The molecule has 0 amide bonds. The van der Waals surface area contributed by atoms with Crippen LogP contribution in [0.25, 0.3) is 5.52 Å². The van der Waals surface area contributed by atoms with Crippen molar-refractivity contribution < 1.29 is 9.50 Å². The van der Waals surface area contributed by atoms with Gasteiger partial charge in [-0.25, -0.2) is 8.91 Å². The minimum absolute atomic E-state index is 0.383. The maximum atomic E-state index is 13.1. The van der Waals surface area contributed by atoms with Gasteiger partial charge in [-0.05, 0) is 6.07 Å². The summed E-state index contributed by atoms with van der Waals surface area (Å²) in [6.07, 6.45) is 7.94. The number of aliphatic hydroxyl groups excluding tert-OH is 1. The van der Waals surface area contributed by atoms with E-state index in [1.165, 1.54) is 18.5 Å². The summed E-state index contributed by atoms with van der Waals surface area (Å²) >= 11 is 0. The first-order chi connectivity index (χ1) is 8.75. The molecule has 0 saturated heterocycles. The maximum Gasteiger partial charge on any atom is 0.141 e. The van der Waals surface area contributed by atoms with Crippen LogP contribution in [0.5, 0.6) is 0 Å². The standard InChI is InChI=1S/C12H9FN4O/c13-9-3-8(4-15-5-9)12(18)10-6-16-17-2-1-14-7-11(10)17/h1-7,12,18H. The van der Waals surface area contributed by atoms with Gasteiger partial charge in [-0.1, -0.05) is 0 Å². The zero-order valence-electron chi connectivity index (χ0n) is 9.23. The molecule has 0 aliphatic heterocycles. The van der Waals surface area contributed by atoms with Crippen molar-refractivity contribution in [3.8, 4) is 0 Å². The Balaban J connectivity index is 2.09. The fourth-order valence-electron chi connectivity index (χ4n) is 1.82. The van der Waals surface area contributed by atoms with Gasteiger partial charge in [0.2, 0.25) is 0 Å². The Morgan fingerprint density at radius 2 is 2.06 bits per heavy atom. The lowest BCUT2D eigenvalue weighted by Crippen LogP contribution is -2.00. The molecule has 0 saturated carbocycles. The van der Waals surface area contributed by atoms with Crippen LogP contribution in [0.1, 0.15) is 17.2 Å². The molecule has 0 radical (unpaired) electrons. The van der Waals surface area contributed by atoms with Crippen LogP contribution in [0.15, 0.2) is 43.2 Å². The SMILES string of the molecule is OC(c1cncc(F)c1)c1cnn2ccncc12. The molecule has 0 aliphatic rings. The van der Waals surface area contributed by atoms with Crippen LogP contribution in [0.2, 0.25) is 0 Å². The van der Waals surface area contributed by atoms with Gasteiger partial charge in [-0.2, -0.15) is 5.10 Å². The van der Waals surface area contributed by atoms with Crippen molar-refractivity contribution in [3.05, 3.63) is 60.2 Å². The first-order valence-electron chi connectivity index (χ1n) is 5.31. The number of rotatable bonds is 2. The third kappa shape index (κ3) is 1.72. The highest BCUT2D eigenvalue weighted by Gasteiger charge is 2.16. The summed E-state index contributed by atoms with van der Waals surface area (Å²) in [5.41, 5.74) is 1.62. The van der Waals surface area contributed by atoms with E-state index in [1.807, 2.05) is 0 Å². The number of halogens is 1. The minimum Gasteiger partial charge on any atom is -0.383 e. The fraction of sp³-hybridized carbons (Fsp3) is 0.0833. The first-order valence-corrected chi connectivity index (χ1v) is 5.31. The Bertz CT molecular complexity index is 697. The van der Waals surface area contributed by atoms with Crippen LogP contribution in [-0.2, 0) is 0 Å². The normalized spacial score (nSPS) is 12.8. The third-order valence-electron chi connectivity index (χ3n) is 2.69. The van der Waals surface area contributed by atoms with E-state index < -0.39 is 11.9 Å². The Hall–Kier alpha value is -2.34. The molecular weight excluding hydrogens is 235 g/mol. The van der Waals surface area contributed by atoms with Crippen molar-refractivity contribution in [1.29, 1.82) is 0 Å². The third-order valence-corrected chi connectivity index (χ3v) is 2.69. The molecule has 90 valence electrons. The van der Waals surface area contributed by atoms with Crippen molar-refractivity contribution in [1.82, 2.24) is 19.6 Å². The average Bonchev–Trinajstić information content (AvgIpc) is 2.82. The molecule has 5 nitrogen and oxygen atoms in total. The van der Waals surface area contributed by atoms with Crippen LogP contribution in [0, 0.1) is 5.82 Å². The molecule has 18 heavy (non-hydrogen) atoms. The van der Waals surface area contributed by atoms with Crippen molar-refractivity contribution >= 4 is 5.52 Å². The second kappa shape index (κ2) is 4.15. The number of hydrogen-bond acceptors (Lipinski definition) is 4. The van der Waals surface area contributed by atoms with Gasteiger partial charge in [-0.3, -0.25) is 9.97 Å². The van der Waals surface area contributed by atoms with Gasteiger partial charge in [0.15, 0.2) is 0 Å². The minimum atomic E-state index is -0.977. The number of pyridine rings is 1. The Morgan fingerprint density at radius 1 is 1.17 bits per heavy atom. The van der Waals surface area contributed by atoms with E-state index in [1.54, 1.807) is 23.1 Å². The Labute approximate surface area is 102 Å². The van der Waals surface area contributed by atoms with E-state index in [0.29, 0.717) is 16.6 Å². The molecule has 0 fully saturated rings. The van der Waals surface area contributed by atoms with Crippen LogP contribution < -0.4 is 0 Å². The number of nitrogens with zero attached hydrogens (tertiary/aromatic N) is 4. The summed E-state index contributed by atoms with van der Waals surface area (Å²) in [7, 11) is 0. The van der Waals surface area contributed by atoms with Gasteiger partial charge in [0.1, 0.15) is 11.9 Å². The number of fused-ring (bicyclic) bond motifs is 1. The predicted octanol–water partition coefficient (Wildman–Crippen LogP) is 1.35. The quantitative estimate of drug-likeness (QED) is 0.739. The zero-order chi connectivity index (χ0) is 12.5. The summed E-state index contributed by atoms with van der Waals surface area (Å²) in [6, 6.07) is 1.25. The lowest BCUT2D eigenvalue weighted by Gasteiger charge is -2.08.